The van der Waals surface area contributed by atoms with Gasteiger partial charge in [-0.2, -0.15) is 0 Å². The summed E-state index contributed by atoms with van der Waals surface area (Å²) >= 11 is 0. The molecule has 0 saturated carbocycles. The van der Waals surface area contributed by atoms with Crippen LogP contribution in [0.2, 0.25) is 0 Å². The summed E-state index contributed by atoms with van der Waals surface area (Å²) in [5.74, 6) is 0.907. The fourth-order valence-electron chi connectivity index (χ4n) is 4.27. The number of para-hydroxylation sites is 1. The third-order valence-electron chi connectivity index (χ3n) is 5.77. The van der Waals surface area contributed by atoms with Gasteiger partial charge < -0.3 is 19.3 Å². The molecule has 5 rings (SSSR count). The highest BCUT2D eigenvalue weighted by atomic mass is 16.6. The first-order valence-corrected chi connectivity index (χ1v) is 9.57. The Bertz CT molecular complexity index is 846. The van der Waals surface area contributed by atoms with Crippen LogP contribution in [0.3, 0.4) is 0 Å². The number of hydrogen-bond acceptors (Lipinski definition) is 5. The second-order valence-electron chi connectivity index (χ2n) is 7.50. The fraction of sp³-hybridized carbons (Fsp3) is 0.429. The molecule has 3 aliphatic rings. The highest BCUT2D eigenvalue weighted by Gasteiger charge is 2.40. The number of benzene rings is 1. The van der Waals surface area contributed by atoms with Crippen molar-refractivity contribution in [2.45, 2.75) is 18.4 Å². The lowest BCUT2D eigenvalue weighted by Crippen LogP contribution is -2.52. The van der Waals surface area contributed by atoms with E-state index in [9.17, 15) is 4.79 Å². The van der Waals surface area contributed by atoms with Crippen molar-refractivity contribution in [2.24, 2.45) is 0 Å². The van der Waals surface area contributed by atoms with E-state index in [0.717, 1.165) is 50.6 Å². The van der Waals surface area contributed by atoms with Crippen LogP contribution < -0.4 is 9.80 Å². The van der Waals surface area contributed by atoms with Crippen LogP contribution in [-0.4, -0.2) is 55.9 Å². The summed E-state index contributed by atoms with van der Waals surface area (Å²) in [6, 6.07) is 11.9. The molecule has 4 heterocycles. The molecular formula is C21H23N3O3. The summed E-state index contributed by atoms with van der Waals surface area (Å²) in [6.45, 7) is 4.40. The van der Waals surface area contributed by atoms with Crippen molar-refractivity contribution < 1.29 is 14.3 Å². The van der Waals surface area contributed by atoms with Crippen molar-refractivity contribution in [1.29, 1.82) is 0 Å². The van der Waals surface area contributed by atoms with Gasteiger partial charge in [0, 0.05) is 38.0 Å². The van der Waals surface area contributed by atoms with Gasteiger partial charge in [0.2, 0.25) is 0 Å². The minimum absolute atomic E-state index is 0.0154. The molecule has 0 radical (unpaired) electrons. The predicted octanol–water partition coefficient (Wildman–Crippen LogP) is 2.28. The number of morpholine rings is 1. The summed E-state index contributed by atoms with van der Waals surface area (Å²) in [5.41, 5.74) is 2.67. The Morgan fingerprint density at radius 2 is 2.04 bits per heavy atom. The minimum atomic E-state index is -0.201. The minimum Gasteiger partial charge on any atom is -0.378 e. The highest BCUT2D eigenvalue weighted by Crippen LogP contribution is 2.31. The number of hydrogen-bond donors (Lipinski definition) is 0. The number of aromatic nitrogens is 1. The molecule has 140 valence electrons. The van der Waals surface area contributed by atoms with Gasteiger partial charge in [-0.05, 0) is 30.2 Å². The SMILES string of the molecule is O=C(c1ccc(N2CCOC3(CCOC3)C2)nc1)N1CCc2ccccc21. The Morgan fingerprint density at radius 1 is 1.11 bits per heavy atom. The topological polar surface area (TPSA) is 54.9 Å². The first kappa shape index (κ1) is 16.7. The molecule has 1 spiro atoms. The van der Waals surface area contributed by atoms with Gasteiger partial charge in [0.25, 0.3) is 5.91 Å². The normalized spacial score (nSPS) is 24.4. The van der Waals surface area contributed by atoms with E-state index in [1.165, 1.54) is 5.56 Å². The van der Waals surface area contributed by atoms with Crippen LogP contribution in [0, 0.1) is 0 Å². The molecule has 0 N–H and O–H groups in total. The van der Waals surface area contributed by atoms with Crippen LogP contribution in [-0.2, 0) is 15.9 Å². The zero-order valence-electron chi connectivity index (χ0n) is 15.3. The maximum absolute atomic E-state index is 12.9. The lowest BCUT2D eigenvalue weighted by Gasteiger charge is -2.40. The quantitative estimate of drug-likeness (QED) is 0.817. The Labute approximate surface area is 158 Å². The molecule has 3 aliphatic heterocycles. The molecule has 6 heteroatoms. The smallest absolute Gasteiger partial charge is 0.259 e. The first-order chi connectivity index (χ1) is 13.2. The lowest BCUT2D eigenvalue weighted by atomic mass is 10.0. The lowest BCUT2D eigenvalue weighted by molar-refractivity contribution is -0.0581. The van der Waals surface area contributed by atoms with Gasteiger partial charge in [0.05, 0.1) is 25.3 Å². The average molecular weight is 365 g/mol. The predicted molar refractivity (Wildman–Crippen MR) is 102 cm³/mol. The van der Waals surface area contributed by atoms with Crippen LogP contribution >= 0.6 is 0 Å². The van der Waals surface area contributed by atoms with E-state index < -0.39 is 0 Å². The largest absolute Gasteiger partial charge is 0.378 e. The number of nitrogens with zero attached hydrogens (tertiary/aromatic N) is 3. The van der Waals surface area contributed by atoms with Gasteiger partial charge in [-0.25, -0.2) is 4.98 Å². The number of ether oxygens (including phenoxy) is 2. The summed E-state index contributed by atoms with van der Waals surface area (Å²) in [7, 11) is 0. The number of fused-ring (bicyclic) bond motifs is 1. The number of rotatable bonds is 2. The molecule has 27 heavy (non-hydrogen) atoms. The Kier molecular flexibility index (Phi) is 4.10. The second-order valence-corrected chi connectivity index (χ2v) is 7.50. The van der Waals surface area contributed by atoms with Crippen molar-refractivity contribution in [3.8, 4) is 0 Å². The third-order valence-corrected chi connectivity index (χ3v) is 5.77. The molecule has 2 fully saturated rings. The van der Waals surface area contributed by atoms with Crippen molar-refractivity contribution in [3.63, 3.8) is 0 Å². The fourth-order valence-corrected chi connectivity index (χ4v) is 4.27. The number of carbonyl (C=O) groups is 1. The third kappa shape index (κ3) is 2.99. The molecule has 1 aromatic carbocycles. The average Bonchev–Trinajstić information content (AvgIpc) is 3.35. The van der Waals surface area contributed by atoms with E-state index >= 15 is 0 Å². The van der Waals surface area contributed by atoms with Gasteiger partial charge >= 0.3 is 0 Å². The molecule has 6 nitrogen and oxygen atoms in total. The van der Waals surface area contributed by atoms with Crippen molar-refractivity contribution in [3.05, 3.63) is 53.7 Å². The van der Waals surface area contributed by atoms with E-state index in [0.29, 0.717) is 18.8 Å². The van der Waals surface area contributed by atoms with E-state index in [1.807, 2.05) is 35.2 Å². The van der Waals surface area contributed by atoms with Crippen molar-refractivity contribution in [2.75, 3.05) is 49.3 Å². The van der Waals surface area contributed by atoms with Crippen LogP contribution in [0.25, 0.3) is 0 Å². The first-order valence-electron chi connectivity index (χ1n) is 9.57. The monoisotopic (exact) mass is 365 g/mol. The second kappa shape index (κ2) is 6.62. The summed E-state index contributed by atoms with van der Waals surface area (Å²) in [6.07, 6.45) is 3.53. The van der Waals surface area contributed by atoms with Crippen LogP contribution in [0.4, 0.5) is 11.5 Å². The van der Waals surface area contributed by atoms with E-state index in [-0.39, 0.29) is 11.5 Å². The van der Waals surface area contributed by atoms with E-state index in [2.05, 4.69) is 16.0 Å². The zero-order valence-corrected chi connectivity index (χ0v) is 15.3. The van der Waals surface area contributed by atoms with Gasteiger partial charge in [0.15, 0.2) is 0 Å². The standard InChI is InChI=1S/C21H23N3O3/c25-20(24-9-7-16-3-1-2-4-18(16)24)17-5-6-19(22-13-17)23-10-12-27-21(14-23)8-11-26-15-21/h1-6,13H,7-12,14-15H2. The molecule has 1 unspecified atom stereocenters. The van der Waals surface area contributed by atoms with Crippen molar-refractivity contribution >= 4 is 17.4 Å². The molecule has 0 bridgehead atoms. The van der Waals surface area contributed by atoms with E-state index in [1.54, 1.807) is 6.20 Å². The molecular weight excluding hydrogens is 342 g/mol. The summed E-state index contributed by atoms with van der Waals surface area (Å²) < 4.78 is 11.5. The molecule has 1 atom stereocenters. The van der Waals surface area contributed by atoms with Gasteiger partial charge in [-0.1, -0.05) is 18.2 Å². The molecule has 1 aromatic heterocycles. The molecule has 1 amide bonds. The number of anilines is 2. The Morgan fingerprint density at radius 3 is 2.85 bits per heavy atom. The molecule has 0 aliphatic carbocycles. The summed E-state index contributed by atoms with van der Waals surface area (Å²) in [5, 5.41) is 0. The van der Waals surface area contributed by atoms with Crippen LogP contribution in [0.1, 0.15) is 22.3 Å². The van der Waals surface area contributed by atoms with Gasteiger partial charge in [-0.3, -0.25) is 4.79 Å². The number of pyridine rings is 1. The summed E-state index contributed by atoms with van der Waals surface area (Å²) in [4.78, 5) is 21.6. The van der Waals surface area contributed by atoms with Crippen molar-refractivity contribution in [1.82, 2.24) is 4.98 Å². The van der Waals surface area contributed by atoms with Crippen LogP contribution in [0.15, 0.2) is 42.6 Å². The molecule has 2 aromatic rings. The Balaban J connectivity index is 1.33. The maximum Gasteiger partial charge on any atom is 0.259 e. The van der Waals surface area contributed by atoms with Crippen LogP contribution in [0.5, 0.6) is 0 Å². The van der Waals surface area contributed by atoms with Gasteiger partial charge in [-0.15, -0.1) is 0 Å². The number of amides is 1. The number of carbonyl (C=O) groups excluding carboxylic acids is 1. The van der Waals surface area contributed by atoms with Gasteiger partial charge in [0.1, 0.15) is 11.4 Å². The maximum atomic E-state index is 12.9. The zero-order chi connectivity index (χ0) is 18.3. The Hall–Kier alpha value is -2.44. The van der Waals surface area contributed by atoms with E-state index in [4.69, 9.17) is 9.47 Å². The molecule has 2 saturated heterocycles. The highest BCUT2D eigenvalue weighted by molar-refractivity contribution is 6.07.